The highest BCUT2D eigenvalue weighted by Gasteiger charge is 2.15. The Morgan fingerprint density at radius 1 is 1.03 bits per heavy atom. The summed E-state index contributed by atoms with van der Waals surface area (Å²) in [5.41, 5.74) is 2.02. The molecule has 0 N–H and O–H groups in total. The van der Waals surface area contributed by atoms with Crippen molar-refractivity contribution in [1.29, 1.82) is 0 Å². The summed E-state index contributed by atoms with van der Waals surface area (Å²) in [6, 6.07) is 13.3. The van der Waals surface area contributed by atoms with Crippen LogP contribution >= 0.6 is 23.4 Å². The van der Waals surface area contributed by atoms with Crippen molar-refractivity contribution < 1.29 is 8.81 Å². The van der Waals surface area contributed by atoms with Gasteiger partial charge >= 0.3 is 0 Å². The van der Waals surface area contributed by atoms with Gasteiger partial charge in [0.05, 0.1) is 33.6 Å². The van der Waals surface area contributed by atoms with Crippen LogP contribution in [0.1, 0.15) is 5.89 Å². The zero-order valence-electron chi connectivity index (χ0n) is 15.2. The third-order valence-electron chi connectivity index (χ3n) is 4.30. The largest absolute Gasteiger partial charge is 0.420 e. The fourth-order valence-electron chi connectivity index (χ4n) is 2.89. The van der Waals surface area contributed by atoms with Crippen LogP contribution in [0.3, 0.4) is 0 Å². The predicted octanol–water partition coefficient (Wildman–Crippen LogP) is 4.95. The normalized spacial score (nSPS) is 11.3. The molecule has 5 rings (SSSR count). The number of benzene rings is 2. The van der Waals surface area contributed by atoms with Crippen LogP contribution in [-0.4, -0.2) is 29.9 Å². The van der Waals surface area contributed by atoms with Gasteiger partial charge in [0, 0.05) is 0 Å². The molecular weight excluding hydrogens is 427 g/mol. The SMILES string of the molecule is Fc1ccc(-n2ncc3c(SCc4nnc(-c5ccccc5Cl)o4)ncnc32)cc1. The molecule has 0 aliphatic heterocycles. The van der Waals surface area contributed by atoms with Gasteiger partial charge in [0.25, 0.3) is 0 Å². The summed E-state index contributed by atoms with van der Waals surface area (Å²) >= 11 is 7.62. The smallest absolute Gasteiger partial charge is 0.249 e. The molecule has 0 atom stereocenters. The molecule has 7 nitrogen and oxygen atoms in total. The molecule has 148 valence electrons. The van der Waals surface area contributed by atoms with Crippen LogP contribution in [0.25, 0.3) is 28.2 Å². The standard InChI is InChI=1S/C20H12ClFN6OS/c21-16-4-2-1-3-14(16)19-27-26-17(29-19)10-30-20-15-9-25-28(18(15)23-11-24-20)13-7-5-12(22)6-8-13/h1-9,11H,10H2. The van der Waals surface area contributed by atoms with Gasteiger partial charge in [0.1, 0.15) is 17.2 Å². The van der Waals surface area contributed by atoms with Gasteiger partial charge in [-0.1, -0.05) is 35.5 Å². The first-order valence-electron chi connectivity index (χ1n) is 8.84. The molecule has 0 bridgehead atoms. The second-order valence-corrected chi connectivity index (χ2v) is 7.59. The maximum atomic E-state index is 13.2. The molecule has 0 aliphatic carbocycles. The first-order valence-corrected chi connectivity index (χ1v) is 10.2. The fourth-order valence-corrected chi connectivity index (χ4v) is 3.91. The van der Waals surface area contributed by atoms with Gasteiger partial charge < -0.3 is 4.42 Å². The van der Waals surface area contributed by atoms with Crippen molar-refractivity contribution in [2.75, 3.05) is 0 Å². The Morgan fingerprint density at radius 2 is 1.87 bits per heavy atom. The van der Waals surface area contributed by atoms with Crippen molar-refractivity contribution >= 4 is 34.4 Å². The third kappa shape index (κ3) is 3.53. The summed E-state index contributed by atoms with van der Waals surface area (Å²) < 4.78 is 20.6. The Balaban J connectivity index is 1.39. The highest BCUT2D eigenvalue weighted by Crippen LogP contribution is 2.30. The van der Waals surface area contributed by atoms with Crippen molar-refractivity contribution in [3.8, 4) is 17.1 Å². The minimum Gasteiger partial charge on any atom is -0.420 e. The molecule has 0 unspecified atom stereocenters. The first-order chi connectivity index (χ1) is 14.7. The van der Waals surface area contributed by atoms with Crippen molar-refractivity contribution in [2.45, 2.75) is 10.8 Å². The van der Waals surface area contributed by atoms with Gasteiger partial charge in [-0.15, -0.1) is 10.2 Å². The molecule has 0 amide bonds. The van der Waals surface area contributed by atoms with Gasteiger partial charge in [-0.05, 0) is 36.4 Å². The Hall–Kier alpha value is -3.30. The maximum absolute atomic E-state index is 13.2. The highest BCUT2D eigenvalue weighted by atomic mass is 35.5. The number of halogens is 2. The molecule has 2 aromatic carbocycles. The van der Waals surface area contributed by atoms with Crippen LogP contribution < -0.4 is 0 Å². The molecule has 0 fully saturated rings. The van der Waals surface area contributed by atoms with Gasteiger partial charge in [-0.2, -0.15) is 5.10 Å². The molecule has 30 heavy (non-hydrogen) atoms. The second-order valence-electron chi connectivity index (χ2n) is 6.22. The van der Waals surface area contributed by atoms with Crippen LogP contribution in [-0.2, 0) is 5.75 Å². The van der Waals surface area contributed by atoms with Gasteiger partial charge in [-0.25, -0.2) is 19.0 Å². The second kappa shape index (κ2) is 7.85. The molecule has 0 saturated heterocycles. The summed E-state index contributed by atoms with van der Waals surface area (Å²) in [5, 5.41) is 14.6. The van der Waals surface area contributed by atoms with E-state index in [1.54, 1.807) is 29.1 Å². The third-order valence-corrected chi connectivity index (χ3v) is 5.62. The van der Waals surface area contributed by atoms with Crippen LogP contribution in [0.4, 0.5) is 4.39 Å². The van der Waals surface area contributed by atoms with Crippen LogP contribution in [0.15, 0.2) is 70.5 Å². The van der Waals surface area contributed by atoms with Crippen molar-refractivity contribution in [3.63, 3.8) is 0 Å². The summed E-state index contributed by atoms with van der Waals surface area (Å²) in [4.78, 5) is 8.68. The zero-order valence-corrected chi connectivity index (χ0v) is 16.8. The topological polar surface area (TPSA) is 82.5 Å². The van der Waals surface area contributed by atoms with E-state index in [2.05, 4.69) is 25.3 Å². The van der Waals surface area contributed by atoms with E-state index in [0.717, 1.165) is 10.4 Å². The quantitative estimate of drug-likeness (QED) is 0.283. The van der Waals surface area contributed by atoms with Crippen LogP contribution in [0.5, 0.6) is 0 Å². The van der Waals surface area contributed by atoms with E-state index in [1.807, 2.05) is 18.2 Å². The number of fused-ring (bicyclic) bond motifs is 1. The summed E-state index contributed by atoms with van der Waals surface area (Å²) in [6.07, 6.45) is 3.15. The number of hydrogen-bond acceptors (Lipinski definition) is 7. The summed E-state index contributed by atoms with van der Waals surface area (Å²) in [6.45, 7) is 0. The molecule has 0 aliphatic rings. The Labute approximate surface area is 178 Å². The van der Waals surface area contributed by atoms with E-state index in [4.69, 9.17) is 16.0 Å². The monoisotopic (exact) mass is 438 g/mol. The van der Waals surface area contributed by atoms with E-state index in [-0.39, 0.29) is 5.82 Å². The van der Waals surface area contributed by atoms with Crippen molar-refractivity contribution in [2.24, 2.45) is 0 Å². The zero-order chi connectivity index (χ0) is 20.5. The molecule has 0 spiro atoms. The minimum atomic E-state index is -0.309. The molecule has 3 aromatic heterocycles. The number of thioether (sulfide) groups is 1. The molecule has 10 heteroatoms. The minimum absolute atomic E-state index is 0.309. The lowest BCUT2D eigenvalue weighted by Crippen LogP contribution is -1.98. The van der Waals surface area contributed by atoms with E-state index in [0.29, 0.717) is 39.5 Å². The average molecular weight is 439 g/mol. The van der Waals surface area contributed by atoms with Gasteiger partial charge in [-0.3, -0.25) is 0 Å². The van der Waals surface area contributed by atoms with Gasteiger partial charge in [0.2, 0.25) is 11.8 Å². The Bertz CT molecular complexity index is 1340. The number of hydrogen-bond donors (Lipinski definition) is 0. The molecular formula is C20H12ClFN6OS. The van der Waals surface area contributed by atoms with E-state index < -0.39 is 0 Å². The lowest BCUT2D eigenvalue weighted by molar-refractivity contribution is 0.528. The van der Waals surface area contributed by atoms with E-state index in [1.165, 1.54) is 30.2 Å². The Kier molecular flexibility index (Phi) is 4.89. The number of rotatable bonds is 5. The van der Waals surface area contributed by atoms with E-state index in [9.17, 15) is 4.39 Å². The molecule has 0 radical (unpaired) electrons. The lowest BCUT2D eigenvalue weighted by Gasteiger charge is -2.03. The predicted molar refractivity (Wildman–Crippen MR) is 111 cm³/mol. The maximum Gasteiger partial charge on any atom is 0.249 e. The fraction of sp³-hybridized carbons (Fsp3) is 0.0500. The van der Waals surface area contributed by atoms with Crippen LogP contribution in [0, 0.1) is 5.82 Å². The number of nitrogens with zero attached hydrogens (tertiary/aromatic N) is 6. The molecule has 0 saturated carbocycles. The molecule has 5 aromatic rings. The number of aromatic nitrogens is 6. The van der Waals surface area contributed by atoms with Crippen molar-refractivity contribution in [3.05, 3.63) is 77.8 Å². The van der Waals surface area contributed by atoms with Gasteiger partial charge in [0.15, 0.2) is 5.65 Å². The summed E-state index contributed by atoms with van der Waals surface area (Å²) in [7, 11) is 0. The first kappa shape index (κ1) is 18.7. The van der Waals surface area contributed by atoms with Crippen molar-refractivity contribution in [1.82, 2.24) is 29.9 Å². The Morgan fingerprint density at radius 3 is 2.70 bits per heavy atom. The lowest BCUT2D eigenvalue weighted by atomic mass is 10.2. The van der Waals surface area contributed by atoms with Crippen LogP contribution in [0.2, 0.25) is 5.02 Å². The average Bonchev–Trinajstić information content (AvgIpc) is 3.41. The van der Waals surface area contributed by atoms with E-state index >= 15 is 0 Å². The summed E-state index contributed by atoms with van der Waals surface area (Å²) in [5.74, 6) is 0.934. The highest BCUT2D eigenvalue weighted by molar-refractivity contribution is 7.98. The molecule has 3 heterocycles.